The maximum atomic E-state index is 6.09. The number of halogens is 3. The molecule has 0 amide bonds. The van der Waals surface area contributed by atoms with Crippen LogP contribution in [0.2, 0.25) is 5.02 Å². The van der Waals surface area contributed by atoms with E-state index >= 15 is 0 Å². The first-order valence-corrected chi connectivity index (χ1v) is 6.35. The lowest BCUT2D eigenvalue weighted by Gasteiger charge is -2.16. The minimum absolute atomic E-state index is 0.124. The highest BCUT2D eigenvalue weighted by Crippen LogP contribution is 2.41. The van der Waals surface area contributed by atoms with Crippen molar-refractivity contribution in [2.24, 2.45) is 0 Å². The van der Waals surface area contributed by atoms with Crippen molar-refractivity contribution in [2.45, 2.75) is 26.1 Å². The molecule has 1 nitrogen and oxygen atoms in total. The summed E-state index contributed by atoms with van der Waals surface area (Å²) in [6.45, 7) is 6.39. The standard InChI is InChI=1S/C11H13BrCl2O/c1-4-15-11-8(7(3)13)5-9(14)6(2)10(11)12/h5,7H,4H2,1-3H3/t7-/m0/s1. The molecule has 0 aliphatic rings. The first-order valence-electron chi connectivity index (χ1n) is 4.74. The maximum absolute atomic E-state index is 6.09. The van der Waals surface area contributed by atoms with Gasteiger partial charge in [0.15, 0.2) is 0 Å². The molecule has 0 N–H and O–H groups in total. The summed E-state index contributed by atoms with van der Waals surface area (Å²) in [6, 6.07) is 1.87. The third-order valence-electron chi connectivity index (χ3n) is 2.15. The molecular weight excluding hydrogens is 299 g/mol. The fourth-order valence-corrected chi connectivity index (χ4v) is 2.34. The van der Waals surface area contributed by atoms with Gasteiger partial charge < -0.3 is 4.74 Å². The molecule has 4 heteroatoms. The van der Waals surface area contributed by atoms with Gasteiger partial charge in [0.25, 0.3) is 0 Å². The van der Waals surface area contributed by atoms with Gasteiger partial charge in [0.05, 0.1) is 16.5 Å². The Morgan fingerprint density at radius 1 is 1.53 bits per heavy atom. The summed E-state index contributed by atoms with van der Waals surface area (Å²) in [7, 11) is 0. The fraction of sp³-hybridized carbons (Fsp3) is 0.455. The van der Waals surface area contributed by atoms with Crippen LogP contribution in [0.5, 0.6) is 5.75 Å². The van der Waals surface area contributed by atoms with Crippen molar-refractivity contribution in [2.75, 3.05) is 6.61 Å². The molecule has 0 aromatic heterocycles. The van der Waals surface area contributed by atoms with E-state index in [0.717, 1.165) is 21.3 Å². The first kappa shape index (κ1) is 13.1. The number of alkyl halides is 1. The molecule has 1 aromatic rings. The zero-order valence-electron chi connectivity index (χ0n) is 8.90. The summed E-state index contributed by atoms with van der Waals surface area (Å²) in [5.41, 5.74) is 1.89. The molecule has 0 saturated heterocycles. The Morgan fingerprint density at radius 2 is 2.13 bits per heavy atom. The second-order valence-electron chi connectivity index (χ2n) is 3.26. The zero-order valence-corrected chi connectivity index (χ0v) is 12.0. The van der Waals surface area contributed by atoms with Gasteiger partial charge in [-0.15, -0.1) is 11.6 Å². The Hall–Kier alpha value is 0.0800. The van der Waals surface area contributed by atoms with Crippen LogP contribution in [-0.2, 0) is 0 Å². The van der Waals surface area contributed by atoms with Gasteiger partial charge in [-0.3, -0.25) is 0 Å². The molecule has 1 rings (SSSR count). The third kappa shape index (κ3) is 2.80. The van der Waals surface area contributed by atoms with E-state index < -0.39 is 0 Å². The van der Waals surface area contributed by atoms with Gasteiger partial charge in [0.2, 0.25) is 0 Å². The smallest absolute Gasteiger partial charge is 0.138 e. The van der Waals surface area contributed by atoms with Crippen LogP contribution >= 0.6 is 39.1 Å². The SMILES string of the molecule is CCOc1c([C@H](C)Cl)cc(Cl)c(C)c1Br. The van der Waals surface area contributed by atoms with Crippen LogP contribution in [0, 0.1) is 6.92 Å². The topological polar surface area (TPSA) is 9.23 Å². The fourth-order valence-electron chi connectivity index (χ4n) is 1.30. The molecule has 0 fully saturated rings. The Bertz CT molecular complexity index is 364. The Labute approximate surface area is 109 Å². The molecule has 1 atom stereocenters. The summed E-state index contributed by atoms with van der Waals surface area (Å²) in [4.78, 5) is 0. The van der Waals surface area contributed by atoms with Crippen molar-refractivity contribution in [3.05, 3.63) is 26.7 Å². The molecule has 0 bridgehead atoms. The predicted octanol–water partition coefficient (Wildman–Crippen LogP) is 5.11. The van der Waals surface area contributed by atoms with Crippen LogP contribution in [0.15, 0.2) is 10.5 Å². The number of hydrogen-bond acceptors (Lipinski definition) is 1. The van der Waals surface area contributed by atoms with E-state index in [1.165, 1.54) is 0 Å². The quantitative estimate of drug-likeness (QED) is 0.705. The van der Waals surface area contributed by atoms with Crippen LogP contribution < -0.4 is 4.74 Å². The molecule has 84 valence electrons. The molecule has 0 saturated carbocycles. The highest BCUT2D eigenvalue weighted by atomic mass is 79.9. The van der Waals surface area contributed by atoms with Crippen LogP contribution in [0.4, 0.5) is 0 Å². The summed E-state index contributed by atoms with van der Waals surface area (Å²) in [6.07, 6.45) is 0. The summed E-state index contributed by atoms with van der Waals surface area (Å²) >= 11 is 15.7. The van der Waals surface area contributed by atoms with E-state index in [-0.39, 0.29) is 5.38 Å². The molecule has 0 unspecified atom stereocenters. The minimum atomic E-state index is -0.124. The number of ether oxygens (including phenoxy) is 1. The van der Waals surface area contributed by atoms with Crippen molar-refractivity contribution >= 4 is 39.1 Å². The van der Waals surface area contributed by atoms with Gasteiger partial charge in [-0.05, 0) is 48.3 Å². The van der Waals surface area contributed by atoms with E-state index in [9.17, 15) is 0 Å². The van der Waals surface area contributed by atoms with E-state index in [0.29, 0.717) is 11.6 Å². The van der Waals surface area contributed by atoms with E-state index in [2.05, 4.69) is 15.9 Å². The highest BCUT2D eigenvalue weighted by Gasteiger charge is 2.17. The molecule has 15 heavy (non-hydrogen) atoms. The molecule has 0 radical (unpaired) electrons. The highest BCUT2D eigenvalue weighted by molar-refractivity contribution is 9.10. The number of hydrogen-bond donors (Lipinski definition) is 0. The van der Waals surface area contributed by atoms with Gasteiger partial charge in [0, 0.05) is 10.6 Å². The molecule has 0 aliphatic carbocycles. The van der Waals surface area contributed by atoms with Crippen LogP contribution in [0.25, 0.3) is 0 Å². The molecular formula is C11H13BrCl2O. The minimum Gasteiger partial charge on any atom is -0.492 e. The van der Waals surface area contributed by atoms with Crippen molar-refractivity contribution in [3.8, 4) is 5.75 Å². The summed E-state index contributed by atoms with van der Waals surface area (Å²) < 4.78 is 6.46. The number of benzene rings is 1. The molecule has 0 spiro atoms. The van der Waals surface area contributed by atoms with E-state index in [1.54, 1.807) is 0 Å². The van der Waals surface area contributed by atoms with Crippen molar-refractivity contribution in [1.82, 2.24) is 0 Å². The normalized spacial score (nSPS) is 12.7. The monoisotopic (exact) mass is 310 g/mol. The predicted molar refractivity (Wildman–Crippen MR) is 69.3 cm³/mol. The molecule has 1 aromatic carbocycles. The lowest BCUT2D eigenvalue weighted by molar-refractivity contribution is 0.334. The van der Waals surface area contributed by atoms with Gasteiger partial charge in [0.1, 0.15) is 5.75 Å². The largest absolute Gasteiger partial charge is 0.492 e. The number of rotatable bonds is 3. The van der Waals surface area contributed by atoms with Crippen LogP contribution in [-0.4, -0.2) is 6.61 Å². The van der Waals surface area contributed by atoms with Gasteiger partial charge in [-0.25, -0.2) is 0 Å². The molecule has 0 aliphatic heterocycles. The summed E-state index contributed by atoms with van der Waals surface area (Å²) in [5, 5.41) is 0.578. The van der Waals surface area contributed by atoms with E-state index in [1.807, 2.05) is 26.8 Å². The van der Waals surface area contributed by atoms with Crippen molar-refractivity contribution in [3.63, 3.8) is 0 Å². The van der Waals surface area contributed by atoms with Gasteiger partial charge >= 0.3 is 0 Å². The average molecular weight is 312 g/mol. The Kier molecular flexibility index (Phi) is 4.75. The van der Waals surface area contributed by atoms with Crippen molar-refractivity contribution < 1.29 is 4.74 Å². The second-order valence-corrected chi connectivity index (χ2v) is 5.12. The zero-order chi connectivity index (χ0) is 11.6. The third-order valence-corrected chi connectivity index (χ3v) is 3.73. The Morgan fingerprint density at radius 3 is 2.60 bits per heavy atom. The maximum Gasteiger partial charge on any atom is 0.138 e. The first-order chi connectivity index (χ1) is 6.99. The average Bonchev–Trinajstić information content (AvgIpc) is 2.18. The Balaban J connectivity index is 3.36. The lowest BCUT2D eigenvalue weighted by atomic mass is 10.1. The molecule has 0 heterocycles. The van der Waals surface area contributed by atoms with Gasteiger partial charge in [-0.1, -0.05) is 11.6 Å². The summed E-state index contributed by atoms with van der Waals surface area (Å²) in [5.74, 6) is 0.793. The van der Waals surface area contributed by atoms with E-state index in [4.69, 9.17) is 27.9 Å². The van der Waals surface area contributed by atoms with Gasteiger partial charge in [-0.2, -0.15) is 0 Å². The lowest BCUT2D eigenvalue weighted by Crippen LogP contribution is -2.00. The van der Waals surface area contributed by atoms with Crippen LogP contribution in [0.1, 0.15) is 30.4 Å². The van der Waals surface area contributed by atoms with Crippen LogP contribution in [0.3, 0.4) is 0 Å². The second kappa shape index (κ2) is 5.42. The van der Waals surface area contributed by atoms with Crippen molar-refractivity contribution in [1.29, 1.82) is 0 Å².